The van der Waals surface area contributed by atoms with Gasteiger partial charge in [0, 0.05) is 36.7 Å². The Balaban J connectivity index is 0. The second kappa shape index (κ2) is 5.91. The highest BCUT2D eigenvalue weighted by molar-refractivity contribution is 5.95. The molecule has 0 aromatic heterocycles. The summed E-state index contributed by atoms with van der Waals surface area (Å²) >= 11 is 0. The fourth-order valence-electron chi connectivity index (χ4n) is 1.35. The van der Waals surface area contributed by atoms with E-state index in [1.165, 1.54) is 0 Å². The summed E-state index contributed by atoms with van der Waals surface area (Å²) in [5.41, 5.74) is 0.513. The maximum atomic E-state index is 11.8. The molecule has 0 atom stereocenters. The molecule has 1 amide bonds. The van der Waals surface area contributed by atoms with Gasteiger partial charge in [-0.2, -0.15) is 0 Å². The number of rotatable bonds is 5. The number of carbonyl (C=O) groups excluding carboxylic acids is 1. The van der Waals surface area contributed by atoms with Gasteiger partial charge in [-0.15, -0.1) is 4.70 Å². The van der Waals surface area contributed by atoms with E-state index in [-0.39, 0.29) is 14.3 Å². The van der Waals surface area contributed by atoms with E-state index in [1.807, 2.05) is 27.7 Å². The van der Waals surface area contributed by atoms with Gasteiger partial charge in [0.2, 0.25) is 0 Å². The Bertz CT molecular complexity index is 348. The molecule has 2 N–H and O–H groups in total. The van der Waals surface area contributed by atoms with Crippen LogP contribution in [0.5, 0.6) is 0 Å². The Morgan fingerprint density at radius 3 is 2.71 bits per heavy atom. The van der Waals surface area contributed by atoms with Crippen LogP contribution in [-0.4, -0.2) is 35.8 Å². The quantitative estimate of drug-likeness (QED) is 0.567. The molecule has 0 aliphatic carbocycles. The SMILES string of the molecule is CCNCCNC(=O)C1=CN=[N+](C(C)(C)C)[CH]1.[HH].[HH]. The van der Waals surface area contributed by atoms with E-state index in [1.54, 1.807) is 17.4 Å². The van der Waals surface area contributed by atoms with Crippen LogP contribution in [-0.2, 0) is 4.79 Å². The Labute approximate surface area is 106 Å². The van der Waals surface area contributed by atoms with E-state index in [0.29, 0.717) is 12.1 Å². The summed E-state index contributed by atoms with van der Waals surface area (Å²) in [5, 5.41) is 10.2. The van der Waals surface area contributed by atoms with Gasteiger partial charge in [0.15, 0.2) is 5.54 Å². The van der Waals surface area contributed by atoms with Gasteiger partial charge in [-0.25, -0.2) is 0 Å². The summed E-state index contributed by atoms with van der Waals surface area (Å²) in [4.78, 5) is 11.8. The van der Waals surface area contributed by atoms with E-state index >= 15 is 0 Å². The Morgan fingerprint density at radius 1 is 1.47 bits per heavy atom. The van der Waals surface area contributed by atoms with Crippen molar-refractivity contribution in [1.82, 2.24) is 10.6 Å². The van der Waals surface area contributed by atoms with Crippen LogP contribution in [0.2, 0.25) is 0 Å². The summed E-state index contributed by atoms with van der Waals surface area (Å²) in [6, 6.07) is 0. The highest BCUT2D eigenvalue weighted by Gasteiger charge is 2.33. The number of likely N-dealkylation sites (N-methyl/N-ethyl adjacent to an activating group) is 1. The van der Waals surface area contributed by atoms with Gasteiger partial charge < -0.3 is 10.6 Å². The fourth-order valence-corrected chi connectivity index (χ4v) is 1.35. The molecule has 0 aromatic carbocycles. The van der Waals surface area contributed by atoms with Crippen LogP contribution in [0.25, 0.3) is 0 Å². The first-order valence-electron chi connectivity index (χ1n) is 5.99. The molecule has 0 saturated heterocycles. The van der Waals surface area contributed by atoms with Crippen LogP contribution in [0.4, 0.5) is 0 Å². The second-order valence-corrected chi connectivity index (χ2v) is 4.95. The molecule has 0 spiro atoms. The molecule has 0 fully saturated rings. The highest BCUT2D eigenvalue weighted by Crippen LogP contribution is 2.19. The maximum Gasteiger partial charge on any atom is 0.278 e. The molecule has 0 aromatic rings. The minimum absolute atomic E-state index is 0. The van der Waals surface area contributed by atoms with Crippen LogP contribution in [0.1, 0.15) is 30.5 Å². The minimum Gasteiger partial charge on any atom is -0.351 e. The van der Waals surface area contributed by atoms with Crippen LogP contribution in [0.15, 0.2) is 16.9 Å². The Hall–Kier alpha value is -1.23. The molecule has 0 bridgehead atoms. The van der Waals surface area contributed by atoms with Crippen LogP contribution < -0.4 is 10.6 Å². The third-order valence-electron chi connectivity index (χ3n) is 2.37. The molecule has 0 saturated carbocycles. The average molecular weight is 242 g/mol. The molecule has 1 aliphatic heterocycles. The number of hydrogen-bond acceptors (Lipinski definition) is 3. The number of carbonyl (C=O) groups is 1. The molecule has 0 unspecified atom stereocenters. The zero-order valence-corrected chi connectivity index (χ0v) is 11.1. The first-order chi connectivity index (χ1) is 7.95. The lowest BCUT2D eigenvalue weighted by atomic mass is 10.1. The van der Waals surface area contributed by atoms with Crippen molar-refractivity contribution in [3.05, 3.63) is 18.3 Å². The van der Waals surface area contributed by atoms with E-state index in [2.05, 4.69) is 15.7 Å². The van der Waals surface area contributed by atoms with Crippen molar-refractivity contribution < 1.29 is 12.3 Å². The van der Waals surface area contributed by atoms with Crippen molar-refractivity contribution in [2.45, 2.75) is 33.2 Å². The number of nitrogens with zero attached hydrogens (tertiary/aromatic N) is 2. The number of hydrogen-bond donors (Lipinski definition) is 2. The smallest absolute Gasteiger partial charge is 0.278 e. The lowest BCUT2D eigenvalue weighted by Crippen LogP contribution is -2.34. The van der Waals surface area contributed by atoms with Crippen molar-refractivity contribution in [3.8, 4) is 0 Å². The molecule has 17 heavy (non-hydrogen) atoms. The van der Waals surface area contributed by atoms with E-state index in [9.17, 15) is 4.79 Å². The summed E-state index contributed by atoms with van der Waals surface area (Å²) in [6.45, 7) is 12.3. The molecular weight excluding hydrogens is 216 g/mol. The van der Waals surface area contributed by atoms with Crippen LogP contribution >= 0.6 is 0 Å². The zero-order chi connectivity index (χ0) is 12.9. The van der Waals surface area contributed by atoms with Gasteiger partial charge in [-0.05, 0) is 11.7 Å². The molecule has 1 heterocycles. The standard InChI is InChI=1S/C12H22N4O.2H2/c1-5-13-6-7-14-11(17)10-8-15-16(9-10)12(2,3)4;;/h8-9,13H,5-7H2,1-4H3,(H,14,17);2*1H/q+1;;. The van der Waals surface area contributed by atoms with Crippen molar-refractivity contribution in [1.29, 1.82) is 0 Å². The first-order valence-corrected chi connectivity index (χ1v) is 5.99. The van der Waals surface area contributed by atoms with Gasteiger partial charge in [0.1, 0.15) is 11.8 Å². The minimum atomic E-state index is -0.0949. The molecule has 5 nitrogen and oxygen atoms in total. The first kappa shape index (κ1) is 13.8. The largest absolute Gasteiger partial charge is 0.351 e. The third-order valence-corrected chi connectivity index (χ3v) is 2.37. The van der Waals surface area contributed by atoms with Gasteiger partial charge in [0.25, 0.3) is 12.5 Å². The number of azo groups is 2. The molecule has 5 heteroatoms. The van der Waals surface area contributed by atoms with Crippen LogP contribution in [0.3, 0.4) is 0 Å². The summed E-state index contributed by atoms with van der Waals surface area (Å²) in [7, 11) is 0. The normalized spacial score (nSPS) is 15.5. The highest BCUT2D eigenvalue weighted by atomic mass is 16.1. The summed E-state index contributed by atoms with van der Waals surface area (Å²) in [6.07, 6.45) is 1.60. The number of amides is 1. The summed E-state index contributed by atoms with van der Waals surface area (Å²) < 4.78 is 1.80. The van der Waals surface area contributed by atoms with Crippen molar-refractivity contribution in [2.75, 3.05) is 19.6 Å². The van der Waals surface area contributed by atoms with Gasteiger partial charge in [-0.1, -0.05) is 6.92 Å². The monoisotopic (exact) mass is 242 g/mol. The van der Waals surface area contributed by atoms with Crippen molar-refractivity contribution >= 4 is 5.91 Å². The van der Waals surface area contributed by atoms with Gasteiger partial charge in [-0.3, -0.25) is 4.79 Å². The van der Waals surface area contributed by atoms with E-state index < -0.39 is 0 Å². The molecule has 1 radical (unpaired) electrons. The summed E-state index contributed by atoms with van der Waals surface area (Å²) in [5.74, 6) is -0.0709. The Kier molecular flexibility index (Phi) is 4.81. The van der Waals surface area contributed by atoms with Crippen molar-refractivity contribution in [3.63, 3.8) is 0 Å². The predicted molar refractivity (Wildman–Crippen MR) is 70.6 cm³/mol. The lowest BCUT2D eigenvalue weighted by Gasteiger charge is -2.11. The van der Waals surface area contributed by atoms with Crippen molar-refractivity contribution in [2.24, 2.45) is 5.11 Å². The molecule has 1 rings (SSSR count). The third kappa shape index (κ3) is 4.26. The zero-order valence-electron chi connectivity index (χ0n) is 11.1. The topological polar surface area (TPSA) is 56.5 Å². The lowest BCUT2D eigenvalue weighted by molar-refractivity contribution is -0.611. The van der Waals surface area contributed by atoms with E-state index in [4.69, 9.17) is 0 Å². The fraction of sp³-hybridized carbons (Fsp3) is 0.667. The average Bonchev–Trinajstić information content (AvgIpc) is 2.72. The molecule has 1 aliphatic rings. The second-order valence-electron chi connectivity index (χ2n) is 4.95. The van der Waals surface area contributed by atoms with Crippen LogP contribution in [0, 0.1) is 6.54 Å². The van der Waals surface area contributed by atoms with E-state index in [0.717, 1.165) is 13.1 Å². The maximum absolute atomic E-state index is 11.8. The molecular formula is C12H26N4O+. The molecule has 99 valence electrons. The predicted octanol–water partition coefficient (Wildman–Crippen LogP) is 1.53. The Morgan fingerprint density at radius 2 is 2.18 bits per heavy atom. The van der Waals surface area contributed by atoms with Gasteiger partial charge in [0.05, 0.1) is 0 Å². The van der Waals surface area contributed by atoms with Gasteiger partial charge >= 0.3 is 0 Å². The number of nitrogens with one attached hydrogen (secondary N) is 2.